The number of hydrogen-bond acceptors (Lipinski definition) is 4. The molecule has 144 valence electrons. The third kappa shape index (κ3) is 4.31. The van der Waals surface area contributed by atoms with E-state index in [0.29, 0.717) is 27.2 Å². The maximum Gasteiger partial charge on any atom is 0.339 e. The molecule has 3 rings (SSSR count). The maximum absolute atomic E-state index is 12.8. The highest BCUT2D eigenvalue weighted by Gasteiger charge is 2.18. The van der Waals surface area contributed by atoms with Crippen molar-refractivity contribution in [1.82, 2.24) is 9.88 Å². The maximum atomic E-state index is 12.8. The molecule has 0 radical (unpaired) electrons. The molecular formula is C22H21ClN2O3. The van der Waals surface area contributed by atoms with Gasteiger partial charge in [-0.1, -0.05) is 41.9 Å². The average Bonchev–Trinajstić information content (AvgIpc) is 2.70. The first-order valence-electron chi connectivity index (χ1n) is 8.95. The number of ether oxygens (including phenoxy) is 1. The lowest BCUT2D eigenvalue weighted by atomic mass is 10.0. The second-order valence-corrected chi connectivity index (χ2v) is 7.19. The fraction of sp³-hybridized carbons (Fsp3) is 0.227. The number of aromatic nitrogens is 1. The number of para-hydroxylation sites is 1. The van der Waals surface area contributed by atoms with Gasteiger partial charge in [-0.05, 0) is 38.1 Å². The Kier molecular flexibility index (Phi) is 5.95. The van der Waals surface area contributed by atoms with E-state index < -0.39 is 5.97 Å². The van der Waals surface area contributed by atoms with Crippen LogP contribution >= 0.6 is 11.6 Å². The number of benzene rings is 2. The predicted octanol–water partition coefficient (Wildman–Crippen LogP) is 4.58. The number of halogens is 1. The molecule has 0 N–H and O–H groups in total. The highest BCUT2D eigenvalue weighted by molar-refractivity contribution is 6.30. The van der Waals surface area contributed by atoms with Crippen LogP contribution in [0.5, 0.6) is 0 Å². The van der Waals surface area contributed by atoms with E-state index in [2.05, 4.69) is 4.98 Å². The van der Waals surface area contributed by atoms with Gasteiger partial charge >= 0.3 is 5.97 Å². The molecule has 0 saturated heterocycles. The van der Waals surface area contributed by atoms with Crippen LogP contribution in [0.15, 0.2) is 54.6 Å². The molecule has 0 aliphatic heterocycles. The van der Waals surface area contributed by atoms with Gasteiger partial charge in [0.25, 0.3) is 5.91 Å². The number of amides is 1. The zero-order valence-corrected chi connectivity index (χ0v) is 16.7. The van der Waals surface area contributed by atoms with Gasteiger partial charge in [0.1, 0.15) is 0 Å². The number of likely N-dealkylation sites (N-methyl/N-ethyl adjacent to an activating group) is 1. The van der Waals surface area contributed by atoms with E-state index in [9.17, 15) is 9.59 Å². The van der Waals surface area contributed by atoms with E-state index in [1.54, 1.807) is 25.2 Å². The van der Waals surface area contributed by atoms with Gasteiger partial charge in [-0.3, -0.25) is 4.79 Å². The Bertz CT molecular complexity index is 1020. The van der Waals surface area contributed by atoms with Gasteiger partial charge in [-0.15, -0.1) is 0 Å². The summed E-state index contributed by atoms with van der Waals surface area (Å²) < 4.78 is 5.30. The topological polar surface area (TPSA) is 59.5 Å². The van der Waals surface area contributed by atoms with Gasteiger partial charge < -0.3 is 9.64 Å². The van der Waals surface area contributed by atoms with Crippen molar-refractivity contribution >= 4 is 34.4 Å². The number of nitrogens with zero attached hydrogens (tertiary/aromatic N) is 2. The normalized spacial score (nSPS) is 10.9. The highest BCUT2D eigenvalue weighted by atomic mass is 35.5. The summed E-state index contributed by atoms with van der Waals surface area (Å²) in [6.45, 7) is 3.49. The first-order valence-corrected chi connectivity index (χ1v) is 9.33. The number of rotatable bonds is 5. The SMILES string of the molecule is CC(C)N(C)C(=O)COC(=O)c1cc(-c2ccc(Cl)cc2)nc2ccccc12. The Balaban J connectivity index is 1.94. The number of hydrogen-bond donors (Lipinski definition) is 0. The smallest absolute Gasteiger partial charge is 0.339 e. The minimum atomic E-state index is -0.556. The van der Waals surface area contributed by atoms with Gasteiger partial charge in [-0.2, -0.15) is 0 Å². The van der Waals surface area contributed by atoms with Gasteiger partial charge in [0, 0.05) is 29.1 Å². The lowest BCUT2D eigenvalue weighted by Gasteiger charge is -2.21. The molecule has 0 unspecified atom stereocenters. The first-order chi connectivity index (χ1) is 13.4. The molecule has 5 nitrogen and oxygen atoms in total. The Morgan fingerprint density at radius 2 is 1.79 bits per heavy atom. The molecule has 6 heteroatoms. The molecule has 1 aromatic heterocycles. The van der Waals surface area contributed by atoms with Crippen LogP contribution in [0.25, 0.3) is 22.2 Å². The van der Waals surface area contributed by atoms with Crippen molar-refractivity contribution in [3.05, 3.63) is 65.2 Å². The second-order valence-electron chi connectivity index (χ2n) is 6.75. The molecular weight excluding hydrogens is 376 g/mol. The highest BCUT2D eigenvalue weighted by Crippen LogP contribution is 2.26. The van der Waals surface area contributed by atoms with Crippen LogP contribution < -0.4 is 0 Å². The minimum Gasteiger partial charge on any atom is -0.452 e. The summed E-state index contributed by atoms with van der Waals surface area (Å²) in [5.41, 5.74) is 2.51. The van der Waals surface area contributed by atoms with Crippen molar-refractivity contribution in [2.45, 2.75) is 19.9 Å². The lowest BCUT2D eigenvalue weighted by molar-refractivity contribution is -0.134. The number of carbonyl (C=O) groups excluding carboxylic acids is 2. The van der Waals surface area contributed by atoms with Gasteiger partial charge in [0.2, 0.25) is 0 Å². The molecule has 1 amide bonds. The van der Waals surface area contributed by atoms with Gasteiger partial charge in [0.05, 0.1) is 16.8 Å². The van der Waals surface area contributed by atoms with E-state index in [-0.39, 0.29) is 18.6 Å². The van der Waals surface area contributed by atoms with Crippen molar-refractivity contribution in [2.75, 3.05) is 13.7 Å². The predicted molar refractivity (Wildman–Crippen MR) is 110 cm³/mol. The monoisotopic (exact) mass is 396 g/mol. The number of fused-ring (bicyclic) bond motifs is 1. The number of pyridine rings is 1. The molecule has 0 bridgehead atoms. The van der Waals surface area contributed by atoms with Crippen LogP contribution in [0.4, 0.5) is 0 Å². The third-order valence-corrected chi connectivity index (χ3v) is 4.82. The summed E-state index contributed by atoms with van der Waals surface area (Å²) in [4.78, 5) is 31.1. The van der Waals surface area contributed by atoms with Crippen LogP contribution in [0.3, 0.4) is 0 Å². The van der Waals surface area contributed by atoms with Crippen LogP contribution in [0.2, 0.25) is 5.02 Å². The fourth-order valence-corrected chi connectivity index (χ4v) is 2.83. The number of carbonyl (C=O) groups is 2. The van der Waals surface area contributed by atoms with E-state index in [1.807, 2.05) is 50.2 Å². The zero-order chi connectivity index (χ0) is 20.3. The lowest BCUT2D eigenvalue weighted by Crippen LogP contribution is -2.36. The van der Waals surface area contributed by atoms with Crippen molar-refractivity contribution in [1.29, 1.82) is 0 Å². The molecule has 0 saturated carbocycles. The Hall–Kier alpha value is -2.92. The van der Waals surface area contributed by atoms with Crippen LogP contribution in [-0.4, -0.2) is 41.5 Å². The third-order valence-electron chi connectivity index (χ3n) is 4.57. The summed E-state index contributed by atoms with van der Waals surface area (Å²) in [7, 11) is 1.68. The van der Waals surface area contributed by atoms with Crippen molar-refractivity contribution < 1.29 is 14.3 Å². The molecule has 0 aliphatic rings. The van der Waals surface area contributed by atoms with E-state index >= 15 is 0 Å². The van der Waals surface area contributed by atoms with E-state index in [4.69, 9.17) is 16.3 Å². The second kappa shape index (κ2) is 8.40. The van der Waals surface area contributed by atoms with Crippen molar-refractivity contribution in [2.24, 2.45) is 0 Å². The summed E-state index contributed by atoms with van der Waals surface area (Å²) in [6.07, 6.45) is 0. The van der Waals surface area contributed by atoms with E-state index in [1.165, 1.54) is 4.90 Å². The number of esters is 1. The standard InChI is InChI=1S/C22H21ClN2O3/c1-14(2)25(3)21(26)13-28-22(27)18-12-20(15-8-10-16(23)11-9-15)24-19-7-5-4-6-17(18)19/h4-12,14H,13H2,1-3H3. The Morgan fingerprint density at radius 1 is 1.11 bits per heavy atom. The van der Waals surface area contributed by atoms with E-state index in [0.717, 1.165) is 5.56 Å². The van der Waals surface area contributed by atoms with Crippen molar-refractivity contribution in [3.63, 3.8) is 0 Å². The molecule has 28 heavy (non-hydrogen) atoms. The minimum absolute atomic E-state index is 0.0319. The molecule has 2 aromatic carbocycles. The average molecular weight is 397 g/mol. The van der Waals surface area contributed by atoms with Crippen LogP contribution in [0, 0.1) is 0 Å². The Labute approximate surface area is 168 Å². The molecule has 1 heterocycles. The molecule has 0 spiro atoms. The molecule has 0 atom stereocenters. The van der Waals surface area contributed by atoms with Crippen LogP contribution in [0.1, 0.15) is 24.2 Å². The largest absolute Gasteiger partial charge is 0.452 e. The summed E-state index contributed by atoms with van der Waals surface area (Å²) in [6, 6.07) is 16.3. The zero-order valence-electron chi connectivity index (χ0n) is 16.0. The van der Waals surface area contributed by atoms with Crippen LogP contribution in [-0.2, 0) is 9.53 Å². The molecule has 0 fully saturated rings. The summed E-state index contributed by atoms with van der Waals surface area (Å²) in [5, 5.41) is 1.30. The quantitative estimate of drug-likeness (QED) is 0.592. The summed E-state index contributed by atoms with van der Waals surface area (Å²) >= 11 is 5.96. The molecule has 3 aromatic rings. The van der Waals surface area contributed by atoms with Crippen molar-refractivity contribution in [3.8, 4) is 11.3 Å². The fourth-order valence-electron chi connectivity index (χ4n) is 2.71. The summed E-state index contributed by atoms with van der Waals surface area (Å²) in [5.74, 6) is -0.807. The van der Waals surface area contributed by atoms with Gasteiger partial charge in [-0.25, -0.2) is 9.78 Å². The van der Waals surface area contributed by atoms with Gasteiger partial charge in [0.15, 0.2) is 6.61 Å². The molecule has 0 aliphatic carbocycles. The first kappa shape index (κ1) is 19.8. The Morgan fingerprint density at radius 3 is 2.46 bits per heavy atom.